The van der Waals surface area contributed by atoms with Crippen molar-refractivity contribution in [2.24, 2.45) is 0 Å². The molecule has 0 spiro atoms. The Hall–Kier alpha value is -2.66. The quantitative estimate of drug-likeness (QED) is 0.0346. The number of carbonyl (C=O) groups is 2. The van der Waals surface area contributed by atoms with Crippen LogP contribution in [0, 0.1) is 0 Å². The Morgan fingerprint density at radius 2 is 0.726 bits per heavy atom. The number of hydrogen-bond donors (Lipinski definition) is 0. The van der Waals surface area contributed by atoms with Crippen molar-refractivity contribution >= 4 is 11.9 Å². The molecule has 0 aromatic rings. The summed E-state index contributed by atoms with van der Waals surface area (Å²) in [6, 6.07) is 0. The molecule has 0 N–H and O–H groups in total. The highest BCUT2D eigenvalue weighted by Crippen LogP contribution is 2.15. The summed E-state index contributed by atoms with van der Waals surface area (Å²) in [5.74, 6) is -0.486. The van der Waals surface area contributed by atoms with Gasteiger partial charge in [0.05, 0.1) is 6.61 Å². The maximum Gasteiger partial charge on any atom is 0.306 e. The van der Waals surface area contributed by atoms with Crippen LogP contribution in [-0.2, 0) is 23.8 Å². The first-order valence-electron chi connectivity index (χ1n) is 26.5. The Bertz CT molecular complexity index is 1110. The van der Waals surface area contributed by atoms with Crippen LogP contribution in [0.5, 0.6) is 0 Å². The van der Waals surface area contributed by atoms with E-state index in [4.69, 9.17) is 14.2 Å². The molecule has 62 heavy (non-hydrogen) atoms. The van der Waals surface area contributed by atoms with Crippen LogP contribution in [0.4, 0.5) is 0 Å². The summed E-state index contributed by atoms with van der Waals surface area (Å²) in [4.78, 5) is 25.3. The maximum atomic E-state index is 12.8. The summed E-state index contributed by atoms with van der Waals surface area (Å²) in [7, 11) is 0. The van der Waals surface area contributed by atoms with Gasteiger partial charge in [0.25, 0.3) is 0 Å². The minimum absolute atomic E-state index is 0.0472. The first-order chi connectivity index (χ1) is 30.6. The zero-order valence-corrected chi connectivity index (χ0v) is 41.1. The third-order valence-electron chi connectivity index (χ3n) is 11.3. The van der Waals surface area contributed by atoms with Gasteiger partial charge < -0.3 is 14.2 Å². The van der Waals surface area contributed by atoms with E-state index in [0.29, 0.717) is 25.9 Å². The van der Waals surface area contributed by atoms with E-state index in [1.54, 1.807) is 0 Å². The van der Waals surface area contributed by atoms with Gasteiger partial charge in [0.1, 0.15) is 6.61 Å². The lowest BCUT2D eigenvalue weighted by atomic mass is 10.0. The zero-order valence-electron chi connectivity index (χ0n) is 41.1. The number of rotatable bonds is 48. The Morgan fingerprint density at radius 1 is 0.371 bits per heavy atom. The van der Waals surface area contributed by atoms with Crippen LogP contribution in [0.15, 0.2) is 72.9 Å². The highest BCUT2D eigenvalue weighted by atomic mass is 16.6. The lowest BCUT2D eigenvalue weighted by Crippen LogP contribution is -2.30. The molecular formula is C57H100O5. The molecule has 0 aliphatic rings. The van der Waals surface area contributed by atoms with Crippen molar-refractivity contribution in [1.82, 2.24) is 0 Å². The predicted molar refractivity (Wildman–Crippen MR) is 270 cm³/mol. The molecule has 5 nitrogen and oxygen atoms in total. The van der Waals surface area contributed by atoms with Gasteiger partial charge in [0, 0.05) is 19.4 Å². The van der Waals surface area contributed by atoms with Crippen molar-refractivity contribution in [2.45, 2.75) is 258 Å². The van der Waals surface area contributed by atoms with Crippen LogP contribution >= 0.6 is 0 Å². The van der Waals surface area contributed by atoms with Crippen LogP contribution in [-0.4, -0.2) is 37.9 Å². The van der Waals surface area contributed by atoms with E-state index in [9.17, 15) is 9.59 Å². The van der Waals surface area contributed by atoms with Crippen molar-refractivity contribution in [3.8, 4) is 0 Å². The summed E-state index contributed by atoms with van der Waals surface area (Å²) >= 11 is 0. The van der Waals surface area contributed by atoms with Crippen molar-refractivity contribution in [1.29, 1.82) is 0 Å². The molecule has 5 heteroatoms. The molecule has 0 radical (unpaired) electrons. The maximum absolute atomic E-state index is 12.8. The standard InChI is InChI=1S/C57H100O5/c1-4-7-10-13-16-19-22-24-26-28-29-30-31-33-36-38-41-44-47-50-56(58)61-54-55(62-57(59)51-48-45-42-39-35-21-18-15-12-9-6-3)53-60-52-49-46-43-40-37-34-32-27-25-23-20-17-14-11-8-5-2/h7,10,16,19,24,26,29-30,33,36,41,44,55H,4-6,8-9,11-15,17-18,20-23,25,27-28,31-32,34-35,37-40,42-43,45-54H2,1-3H3/b10-7-,19-16-,26-24-,30-29-,36-33-,44-41-. The van der Waals surface area contributed by atoms with E-state index in [0.717, 1.165) is 64.2 Å². The summed E-state index contributed by atoms with van der Waals surface area (Å²) in [5.41, 5.74) is 0. The minimum atomic E-state index is -0.564. The molecule has 0 aromatic heterocycles. The lowest BCUT2D eigenvalue weighted by Gasteiger charge is -2.18. The molecule has 1 unspecified atom stereocenters. The SMILES string of the molecule is CC/C=C\C/C=C\C/C=C\C/C=C\C/C=C\C/C=C\CCC(=O)OCC(COCCCCCCCCCCCCCCCCCC)OC(=O)CCCCCCCCCCCCC. The molecule has 0 bridgehead atoms. The summed E-state index contributed by atoms with van der Waals surface area (Å²) < 4.78 is 17.3. The van der Waals surface area contributed by atoms with E-state index in [1.807, 2.05) is 6.08 Å². The first-order valence-corrected chi connectivity index (χ1v) is 26.5. The fourth-order valence-electron chi connectivity index (χ4n) is 7.36. The third-order valence-corrected chi connectivity index (χ3v) is 11.3. The van der Waals surface area contributed by atoms with Crippen LogP contribution < -0.4 is 0 Å². The highest BCUT2D eigenvalue weighted by Gasteiger charge is 2.17. The predicted octanol–water partition coefficient (Wildman–Crippen LogP) is 17.9. The molecule has 0 rings (SSSR count). The van der Waals surface area contributed by atoms with Crippen LogP contribution in [0.2, 0.25) is 0 Å². The van der Waals surface area contributed by atoms with Crippen molar-refractivity contribution in [2.75, 3.05) is 19.8 Å². The molecule has 0 aliphatic carbocycles. The fraction of sp³-hybridized carbons (Fsp3) is 0.754. The zero-order chi connectivity index (χ0) is 44.9. The Kier molecular flexibility index (Phi) is 50.4. The van der Waals surface area contributed by atoms with Gasteiger partial charge in [-0.15, -0.1) is 0 Å². The highest BCUT2D eigenvalue weighted by molar-refractivity contribution is 5.70. The molecule has 0 aliphatic heterocycles. The average Bonchev–Trinajstić information content (AvgIpc) is 3.27. The normalized spacial score (nSPS) is 12.8. The summed E-state index contributed by atoms with van der Waals surface area (Å²) in [5, 5.41) is 0. The number of unbranched alkanes of at least 4 members (excludes halogenated alkanes) is 25. The van der Waals surface area contributed by atoms with E-state index in [-0.39, 0.29) is 25.2 Å². The van der Waals surface area contributed by atoms with E-state index >= 15 is 0 Å². The summed E-state index contributed by atoms with van der Waals surface area (Å²) in [6.07, 6.45) is 67.8. The molecule has 0 saturated carbocycles. The molecule has 0 heterocycles. The van der Waals surface area contributed by atoms with Crippen LogP contribution in [0.25, 0.3) is 0 Å². The van der Waals surface area contributed by atoms with Gasteiger partial charge in [-0.05, 0) is 57.8 Å². The van der Waals surface area contributed by atoms with Gasteiger partial charge in [-0.1, -0.05) is 254 Å². The van der Waals surface area contributed by atoms with Gasteiger partial charge in [0.2, 0.25) is 0 Å². The molecule has 0 amide bonds. The second kappa shape index (κ2) is 52.7. The molecule has 0 aromatic carbocycles. The second-order valence-electron chi connectivity index (χ2n) is 17.4. The van der Waals surface area contributed by atoms with Gasteiger partial charge in [-0.3, -0.25) is 9.59 Å². The second-order valence-corrected chi connectivity index (χ2v) is 17.4. The van der Waals surface area contributed by atoms with Gasteiger partial charge in [-0.2, -0.15) is 0 Å². The molecule has 1 atom stereocenters. The Labute approximate surface area is 385 Å². The average molecular weight is 865 g/mol. The van der Waals surface area contributed by atoms with E-state index in [1.165, 1.54) is 148 Å². The molecule has 358 valence electrons. The lowest BCUT2D eigenvalue weighted by molar-refractivity contribution is -0.162. The third kappa shape index (κ3) is 50.0. The van der Waals surface area contributed by atoms with Gasteiger partial charge >= 0.3 is 11.9 Å². The number of esters is 2. The molecule has 0 saturated heterocycles. The van der Waals surface area contributed by atoms with Crippen molar-refractivity contribution in [3.05, 3.63) is 72.9 Å². The van der Waals surface area contributed by atoms with Crippen LogP contribution in [0.3, 0.4) is 0 Å². The van der Waals surface area contributed by atoms with Crippen molar-refractivity contribution < 1.29 is 23.8 Å². The first kappa shape index (κ1) is 59.3. The Balaban J connectivity index is 4.33. The number of allylic oxidation sites excluding steroid dienone is 12. The molecular weight excluding hydrogens is 765 g/mol. The monoisotopic (exact) mass is 865 g/mol. The largest absolute Gasteiger partial charge is 0.462 e. The van der Waals surface area contributed by atoms with E-state index in [2.05, 4.69) is 87.6 Å². The smallest absolute Gasteiger partial charge is 0.306 e. The molecule has 0 fully saturated rings. The van der Waals surface area contributed by atoms with Gasteiger partial charge in [0.15, 0.2) is 6.10 Å². The fourth-order valence-corrected chi connectivity index (χ4v) is 7.36. The number of carbonyl (C=O) groups excluding carboxylic acids is 2. The van der Waals surface area contributed by atoms with E-state index < -0.39 is 6.10 Å². The minimum Gasteiger partial charge on any atom is -0.462 e. The van der Waals surface area contributed by atoms with Crippen molar-refractivity contribution in [3.63, 3.8) is 0 Å². The topological polar surface area (TPSA) is 61.8 Å². The summed E-state index contributed by atoms with van der Waals surface area (Å²) in [6.45, 7) is 7.66. The van der Waals surface area contributed by atoms with Gasteiger partial charge in [-0.25, -0.2) is 0 Å². The van der Waals surface area contributed by atoms with Crippen LogP contribution in [0.1, 0.15) is 252 Å². The number of ether oxygens (including phenoxy) is 3. The number of hydrogen-bond acceptors (Lipinski definition) is 5. The Morgan fingerprint density at radius 3 is 1.13 bits per heavy atom.